The van der Waals surface area contributed by atoms with E-state index in [2.05, 4.69) is 4.98 Å². The first-order valence-corrected chi connectivity index (χ1v) is 6.16. The first kappa shape index (κ1) is 10.6. The van der Waals surface area contributed by atoms with Crippen molar-refractivity contribution < 1.29 is 18.3 Å². The number of pyridine rings is 1. The van der Waals surface area contributed by atoms with Gasteiger partial charge in [-0.25, -0.2) is 17.2 Å². The van der Waals surface area contributed by atoms with Crippen LogP contribution in [0.3, 0.4) is 0 Å². The normalized spacial score (nSPS) is 11.8. The van der Waals surface area contributed by atoms with Crippen molar-refractivity contribution in [3.63, 3.8) is 0 Å². The molecule has 0 aromatic carbocycles. The lowest BCUT2D eigenvalue weighted by Crippen LogP contribution is -2.08. The zero-order chi connectivity index (χ0) is 11.9. The van der Waals surface area contributed by atoms with Crippen molar-refractivity contribution in [2.75, 3.05) is 6.26 Å². The molecule has 0 amide bonds. The van der Waals surface area contributed by atoms with E-state index >= 15 is 0 Å². The molecule has 0 aliphatic heterocycles. The smallest absolute Gasteiger partial charge is 0.339 e. The van der Waals surface area contributed by atoms with Crippen LogP contribution in [0.2, 0.25) is 0 Å². The van der Waals surface area contributed by atoms with Crippen LogP contribution in [0.1, 0.15) is 10.4 Å². The summed E-state index contributed by atoms with van der Waals surface area (Å²) >= 11 is 0. The fourth-order valence-electron chi connectivity index (χ4n) is 1.46. The molecule has 1 N–H and O–H groups in total. The second kappa shape index (κ2) is 3.31. The van der Waals surface area contributed by atoms with Gasteiger partial charge in [0.05, 0.1) is 11.8 Å². The molecule has 84 valence electrons. The van der Waals surface area contributed by atoms with Crippen molar-refractivity contribution in [1.29, 1.82) is 0 Å². The molecule has 0 aliphatic carbocycles. The molecule has 2 aromatic heterocycles. The van der Waals surface area contributed by atoms with Gasteiger partial charge in [-0.2, -0.15) is 0 Å². The Morgan fingerprint density at radius 1 is 1.50 bits per heavy atom. The van der Waals surface area contributed by atoms with E-state index in [9.17, 15) is 13.2 Å². The number of hydrogen-bond donors (Lipinski definition) is 1. The Balaban J connectivity index is 2.93. The third kappa shape index (κ3) is 1.54. The molecule has 0 saturated heterocycles. The van der Waals surface area contributed by atoms with Gasteiger partial charge < -0.3 is 5.11 Å². The van der Waals surface area contributed by atoms with Crippen LogP contribution in [0.4, 0.5) is 0 Å². The highest BCUT2D eigenvalue weighted by Gasteiger charge is 2.19. The lowest BCUT2D eigenvalue weighted by Gasteiger charge is -1.99. The highest BCUT2D eigenvalue weighted by molar-refractivity contribution is 7.89. The maximum absolute atomic E-state index is 11.4. The molecule has 0 bridgehead atoms. The van der Waals surface area contributed by atoms with Crippen LogP contribution in [0.5, 0.6) is 0 Å². The van der Waals surface area contributed by atoms with Crippen LogP contribution in [-0.2, 0) is 10.0 Å². The summed E-state index contributed by atoms with van der Waals surface area (Å²) < 4.78 is 23.8. The Morgan fingerprint density at radius 3 is 2.75 bits per heavy atom. The van der Waals surface area contributed by atoms with Gasteiger partial charge in [-0.05, 0) is 12.1 Å². The first-order valence-electron chi connectivity index (χ1n) is 4.31. The summed E-state index contributed by atoms with van der Waals surface area (Å²) in [6.45, 7) is 0. The summed E-state index contributed by atoms with van der Waals surface area (Å²) in [6.07, 6.45) is 3.49. The maximum Gasteiger partial charge on any atom is 0.339 e. The lowest BCUT2D eigenvalue weighted by atomic mass is 10.3. The van der Waals surface area contributed by atoms with Crippen LogP contribution in [0.15, 0.2) is 24.5 Å². The standard InChI is InChI=1S/C9H8N2O4S/c1-16(14,15)11-5-6(9(12)13)8-7(11)3-2-4-10-8/h2-5H,1H3,(H,12,13). The van der Waals surface area contributed by atoms with Gasteiger partial charge in [-0.1, -0.05) is 0 Å². The molecule has 16 heavy (non-hydrogen) atoms. The summed E-state index contributed by atoms with van der Waals surface area (Å²) in [5.41, 5.74) is 0.309. The molecule has 0 fully saturated rings. The topological polar surface area (TPSA) is 89.3 Å². The second-order valence-electron chi connectivity index (χ2n) is 3.28. The summed E-state index contributed by atoms with van der Waals surface area (Å²) in [5.74, 6) is -1.20. The van der Waals surface area contributed by atoms with Crippen molar-refractivity contribution in [3.05, 3.63) is 30.1 Å². The number of aromatic nitrogens is 2. The number of rotatable bonds is 2. The first-order chi connectivity index (χ1) is 7.41. The molecule has 0 spiro atoms. The fourth-order valence-corrected chi connectivity index (χ4v) is 2.26. The Kier molecular flexibility index (Phi) is 2.20. The largest absolute Gasteiger partial charge is 0.478 e. The Morgan fingerprint density at radius 2 is 2.19 bits per heavy atom. The van der Waals surface area contributed by atoms with Crippen molar-refractivity contribution in [1.82, 2.24) is 8.96 Å². The van der Waals surface area contributed by atoms with E-state index in [1.54, 1.807) is 6.07 Å². The molecule has 2 aromatic rings. The van der Waals surface area contributed by atoms with Gasteiger partial charge in [0.25, 0.3) is 0 Å². The summed E-state index contributed by atoms with van der Waals surface area (Å²) in [4.78, 5) is 14.8. The molecule has 6 nitrogen and oxygen atoms in total. The number of hydrogen-bond acceptors (Lipinski definition) is 4. The van der Waals surface area contributed by atoms with Crippen molar-refractivity contribution in [2.45, 2.75) is 0 Å². The van der Waals surface area contributed by atoms with Crippen LogP contribution in [-0.4, -0.2) is 34.7 Å². The average Bonchev–Trinajstić information content (AvgIpc) is 2.56. The van der Waals surface area contributed by atoms with Gasteiger partial charge in [0.1, 0.15) is 11.1 Å². The van der Waals surface area contributed by atoms with E-state index in [1.165, 1.54) is 12.3 Å². The Hall–Kier alpha value is -1.89. The van der Waals surface area contributed by atoms with Crippen molar-refractivity contribution in [2.24, 2.45) is 0 Å². The van der Waals surface area contributed by atoms with Gasteiger partial charge in [-0.15, -0.1) is 0 Å². The van der Waals surface area contributed by atoms with Crippen LogP contribution >= 0.6 is 0 Å². The maximum atomic E-state index is 11.4. The predicted octanol–water partition coefficient (Wildman–Crippen LogP) is 0.542. The number of carboxylic acid groups (broad SMARTS) is 1. The molecule has 0 radical (unpaired) electrons. The Labute approximate surface area is 91.2 Å². The van der Waals surface area contributed by atoms with E-state index in [0.717, 1.165) is 16.4 Å². The van der Waals surface area contributed by atoms with Crippen molar-refractivity contribution in [3.8, 4) is 0 Å². The summed E-state index contributed by atoms with van der Waals surface area (Å²) in [6, 6.07) is 3.06. The highest BCUT2D eigenvalue weighted by Crippen LogP contribution is 2.20. The third-order valence-corrected chi connectivity index (χ3v) is 3.13. The molecule has 7 heteroatoms. The number of carbonyl (C=O) groups is 1. The molecule has 0 unspecified atom stereocenters. The number of fused-ring (bicyclic) bond motifs is 1. The van der Waals surface area contributed by atoms with E-state index in [0.29, 0.717) is 0 Å². The second-order valence-corrected chi connectivity index (χ2v) is 5.14. The van der Waals surface area contributed by atoms with Gasteiger partial charge in [0, 0.05) is 12.4 Å². The van der Waals surface area contributed by atoms with E-state index in [-0.39, 0.29) is 16.6 Å². The molecule has 0 atom stereocenters. The summed E-state index contributed by atoms with van der Waals surface area (Å²) in [5, 5.41) is 8.91. The minimum absolute atomic E-state index is 0.124. The quantitative estimate of drug-likeness (QED) is 0.827. The number of carboxylic acids is 1. The molecule has 0 saturated carbocycles. The molecule has 2 heterocycles. The SMILES string of the molecule is CS(=O)(=O)n1cc(C(=O)O)c2ncccc21. The van der Waals surface area contributed by atoms with E-state index < -0.39 is 16.0 Å². The predicted molar refractivity (Wildman–Crippen MR) is 56.9 cm³/mol. The van der Waals surface area contributed by atoms with Gasteiger partial charge >= 0.3 is 5.97 Å². The zero-order valence-electron chi connectivity index (χ0n) is 8.28. The Bertz CT molecular complexity index is 672. The highest BCUT2D eigenvalue weighted by atomic mass is 32.2. The fraction of sp³-hybridized carbons (Fsp3) is 0.111. The van der Waals surface area contributed by atoms with Crippen LogP contribution in [0, 0.1) is 0 Å². The minimum atomic E-state index is -3.53. The molecular formula is C9H8N2O4S. The zero-order valence-corrected chi connectivity index (χ0v) is 9.10. The minimum Gasteiger partial charge on any atom is -0.478 e. The van der Waals surface area contributed by atoms with Gasteiger partial charge in [-0.3, -0.25) is 4.98 Å². The van der Waals surface area contributed by atoms with E-state index in [1.807, 2.05) is 0 Å². The lowest BCUT2D eigenvalue weighted by molar-refractivity contribution is 0.0699. The van der Waals surface area contributed by atoms with Crippen LogP contribution in [0.25, 0.3) is 11.0 Å². The van der Waals surface area contributed by atoms with E-state index in [4.69, 9.17) is 5.11 Å². The average molecular weight is 240 g/mol. The third-order valence-electron chi connectivity index (χ3n) is 2.11. The number of aromatic carboxylic acids is 1. The van der Waals surface area contributed by atoms with Gasteiger partial charge in [0.15, 0.2) is 0 Å². The monoisotopic (exact) mass is 240 g/mol. The van der Waals surface area contributed by atoms with Crippen LogP contribution < -0.4 is 0 Å². The summed E-state index contributed by atoms with van der Waals surface area (Å²) in [7, 11) is -3.53. The van der Waals surface area contributed by atoms with Gasteiger partial charge in [0.2, 0.25) is 10.0 Å². The number of nitrogens with zero attached hydrogens (tertiary/aromatic N) is 2. The van der Waals surface area contributed by atoms with Crippen molar-refractivity contribution >= 4 is 27.0 Å². The molecule has 0 aliphatic rings. The molecular weight excluding hydrogens is 232 g/mol. The molecule has 2 rings (SSSR count).